The van der Waals surface area contributed by atoms with Gasteiger partial charge in [0.15, 0.2) is 0 Å². The highest BCUT2D eigenvalue weighted by atomic mass is 16.5. The summed E-state index contributed by atoms with van der Waals surface area (Å²) in [4.78, 5) is 2.83. The number of nitrogens with one attached hydrogen (secondary N) is 1. The molecule has 1 heterocycles. The van der Waals surface area contributed by atoms with Crippen molar-refractivity contribution in [1.82, 2.24) is 4.98 Å². The van der Waals surface area contributed by atoms with E-state index in [2.05, 4.69) is 4.98 Å². The van der Waals surface area contributed by atoms with Crippen LogP contribution in [0.5, 0.6) is 0 Å². The highest BCUT2D eigenvalue weighted by Crippen LogP contribution is 2.25. The number of aliphatic hydroxyl groups is 1. The molecule has 0 fully saturated rings. The topological polar surface area (TPSA) is 65.5 Å². The lowest BCUT2D eigenvalue weighted by atomic mass is 9.78. The largest absolute Gasteiger partial charge is 0.493 e. The van der Waals surface area contributed by atoms with Crippen LogP contribution >= 0.6 is 0 Å². The predicted octanol–water partition coefficient (Wildman–Crippen LogP) is 0.268. The summed E-state index contributed by atoms with van der Waals surface area (Å²) in [6.45, 7) is 6.78. The van der Waals surface area contributed by atoms with Crippen molar-refractivity contribution in [1.29, 1.82) is 0 Å². The van der Waals surface area contributed by atoms with Crippen molar-refractivity contribution in [2.45, 2.75) is 38.9 Å². The van der Waals surface area contributed by atoms with Gasteiger partial charge in [0.1, 0.15) is 0 Å². The summed E-state index contributed by atoms with van der Waals surface area (Å²) >= 11 is 0. The minimum Gasteiger partial charge on any atom is -0.423 e. The Labute approximate surface area is 90.4 Å². The van der Waals surface area contributed by atoms with Crippen LogP contribution in [-0.2, 0) is 4.65 Å². The molecule has 1 aromatic heterocycles. The maximum Gasteiger partial charge on any atom is 0.493 e. The van der Waals surface area contributed by atoms with E-state index in [0.717, 1.165) is 0 Å². The van der Waals surface area contributed by atoms with Crippen molar-refractivity contribution in [3.8, 4) is 0 Å². The van der Waals surface area contributed by atoms with Crippen LogP contribution in [0.3, 0.4) is 0 Å². The number of hydrogen-bond donors (Lipinski definition) is 3. The molecule has 0 saturated heterocycles. The van der Waals surface area contributed by atoms with E-state index >= 15 is 0 Å². The Bertz CT molecular complexity index is 303. The zero-order valence-electron chi connectivity index (χ0n) is 9.61. The van der Waals surface area contributed by atoms with Gasteiger partial charge >= 0.3 is 7.12 Å². The molecule has 4 nitrogen and oxygen atoms in total. The van der Waals surface area contributed by atoms with Gasteiger partial charge in [0.05, 0.1) is 11.2 Å². The normalized spacial score (nSPS) is 12.9. The highest BCUT2D eigenvalue weighted by molar-refractivity contribution is 6.60. The maximum absolute atomic E-state index is 9.85. The molecule has 0 saturated carbocycles. The zero-order valence-corrected chi connectivity index (χ0v) is 9.61. The van der Waals surface area contributed by atoms with Gasteiger partial charge in [-0.25, -0.2) is 0 Å². The van der Waals surface area contributed by atoms with E-state index in [4.69, 9.17) is 4.65 Å². The second-order valence-electron chi connectivity index (χ2n) is 4.68. The molecule has 0 aromatic carbocycles. The number of rotatable bonds is 4. The van der Waals surface area contributed by atoms with Gasteiger partial charge in [-0.2, -0.15) is 0 Å². The van der Waals surface area contributed by atoms with Crippen LogP contribution in [0.15, 0.2) is 18.5 Å². The molecule has 0 amide bonds. The Balaban J connectivity index is 2.70. The first-order valence-electron chi connectivity index (χ1n) is 4.95. The molecule has 0 aliphatic carbocycles. The molecular formula is C10H18BNO3. The standard InChI is InChI=1S/C10H18BNO3/c1-9(2,13)10(3,4)15-11(14)8-5-6-12-7-8/h5-7,12-14H,1-4H3. The summed E-state index contributed by atoms with van der Waals surface area (Å²) in [7, 11) is -1.03. The van der Waals surface area contributed by atoms with Gasteiger partial charge in [-0.05, 0) is 39.2 Å². The first-order chi connectivity index (χ1) is 6.74. The SMILES string of the molecule is CC(C)(O)C(C)(C)OB(O)c1cc[nH]c1. The number of aromatic amines is 1. The summed E-state index contributed by atoms with van der Waals surface area (Å²) in [5.74, 6) is 0. The number of H-pyrrole nitrogens is 1. The van der Waals surface area contributed by atoms with E-state index in [1.54, 1.807) is 46.2 Å². The van der Waals surface area contributed by atoms with Crippen LogP contribution in [0.1, 0.15) is 27.7 Å². The van der Waals surface area contributed by atoms with Crippen LogP contribution in [0.2, 0.25) is 0 Å². The van der Waals surface area contributed by atoms with Gasteiger partial charge < -0.3 is 19.8 Å². The number of hydrogen-bond acceptors (Lipinski definition) is 3. The molecule has 5 heteroatoms. The van der Waals surface area contributed by atoms with E-state index in [1.165, 1.54) is 0 Å². The fraction of sp³-hybridized carbons (Fsp3) is 0.600. The molecule has 84 valence electrons. The van der Waals surface area contributed by atoms with Crippen molar-refractivity contribution < 1.29 is 14.8 Å². The van der Waals surface area contributed by atoms with Crippen molar-refractivity contribution in [2.24, 2.45) is 0 Å². The summed E-state index contributed by atoms with van der Waals surface area (Å²) in [6, 6.07) is 1.73. The smallest absolute Gasteiger partial charge is 0.423 e. The van der Waals surface area contributed by atoms with Crippen molar-refractivity contribution in [2.75, 3.05) is 0 Å². The van der Waals surface area contributed by atoms with Crippen LogP contribution in [0, 0.1) is 0 Å². The van der Waals surface area contributed by atoms with Crippen LogP contribution in [0.4, 0.5) is 0 Å². The summed E-state index contributed by atoms with van der Waals surface area (Å²) in [5, 5.41) is 19.6. The lowest BCUT2D eigenvalue weighted by molar-refractivity contribution is -0.0982. The maximum atomic E-state index is 9.85. The second-order valence-corrected chi connectivity index (χ2v) is 4.68. The molecular weight excluding hydrogens is 193 g/mol. The van der Waals surface area contributed by atoms with Crippen LogP contribution in [-0.4, -0.2) is 33.4 Å². The van der Waals surface area contributed by atoms with Crippen molar-refractivity contribution >= 4 is 12.6 Å². The molecule has 0 unspecified atom stereocenters. The molecule has 0 spiro atoms. The van der Waals surface area contributed by atoms with Crippen molar-refractivity contribution in [3.63, 3.8) is 0 Å². The summed E-state index contributed by atoms with van der Waals surface area (Å²) < 4.78 is 5.43. The Hall–Kier alpha value is -0.775. The Morgan fingerprint density at radius 3 is 2.33 bits per heavy atom. The lowest BCUT2D eigenvalue weighted by Gasteiger charge is -2.38. The van der Waals surface area contributed by atoms with Crippen molar-refractivity contribution in [3.05, 3.63) is 18.5 Å². The van der Waals surface area contributed by atoms with Gasteiger partial charge in [-0.3, -0.25) is 0 Å². The van der Waals surface area contributed by atoms with E-state index in [0.29, 0.717) is 5.46 Å². The van der Waals surface area contributed by atoms with E-state index in [1.807, 2.05) is 0 Å². The number of aromatic nitrogens is 1. The Morgan fingerprint density at radius 2 is 1.93 bits per heavy atom. The van der Waals surface area contributed by atoms with Crippen LogP contribution in [0.25, 0.3) is 0 Å². The monoisotopic (exact) mass is 211 g/mol. The fourth-order valence-electron chi connectivity index (χ4n) is 0.982. The Morgan fingerprint density at radius 1 is 1.33 bits per heavy atom. The Kier molecular flexibility index (Phi) is 3.28. The lowest BCUT2D eigenvalue weighted by Crippen LogP contribution is -2.52. The van der Waals surface area contributed by atoms with Gasteiger partial charge in [0, 0.05) is 12.4 Å². The molecule has 1 aromatic rings. The quantitative estimate of drug-likeness (QED) is 0.626. The molecule has 15 heavy (non-hydrogen) atoms. The van der Waals surface area contributed by atoms with E-state index in [-0.39, 0.29) is 0 Å². The second kappa shape index (κ2) is 4.00. The van der Waals surface area contributed by atoms with Gasteiger partial charge in [-0.1, -0.05) is 0 Å². The molecule has 0 aliphatic rings. The molecule has 0 atom stereocenters. The third-order valence-electron chi connectivity index (χ3n) is 2.79. The minimum atomic E-state index is -1.03. The minimum absolute atomic E-state index is 0.646. The molecule has 0 radical (unpaired) electrons. The fourth-order valence-corrected chi connectivity index (χ4v) is 0.982. The predicted molar refractivity (Wildman–Crippen MR) is 59.9 cm³/mol. The van der Waals surface area contributed by atoms with Crippen LogP contribution < -0.4 is 5.46 Å². The highest BCUT2D eigenvalue weighted by Gasteiger charge is 2.39. The van der Waals surface area contributed by atoms with Gasteiger partial charge in [-0.15, -0.1) is 0 Å². The van der Waals surface area contributed by atoms with Gasteiger partial charge in [0.2, 0.25) is 0 Å². The molecule has 0 aliphatic heterocycles. The van der Waals surface area contributed by atoms with E-state index in [9.17, 15) is 10.1 Å². The molecule has 3 N–H and O–H groups in total. The average Bonchev–Trinajstić information content (AvgIpc) is 2.51. The zero-order chi connectivity index (χ0) is 11.7. The third kappa shape index (κ3) is 2.84. The first-order valence-corrected chi connectivity index (χ1v) is 4.95. The van der Waals surface area contributed by atoms with Gasteiger partial charge in [0.25, 0.3) is 0 Å². The summed E-state index contributed by atoms with van der Waals surface area (Å²) in [6.07, 6.45) is 3.37. The first kappa shape index (κ1) is 12.3. The average molecular weight is 211 g/mol. The summed E-state index contributed by atoms with van der Waals surface area (Å²) in [5.41, 5.74) is -1.21. The molecule has 1 rings (SSSR count). The van der Waals surface area contributed by atoms with E-state index < -0.39 is 18.3 Å². The molecule has 0 bridgehead atoms. The third-order valence-corrected chi connectivity index (χ3v) is 2.79.